The topological polar surface area (TPSA) is 20.2 Å². The first-order valence-electron chi connectivity index (χ1n) is 10.2. The smallest absolute Gasteiger partial charge is 0.0588 e. The summed E-state index contributed by atoms with van der Waals surface area (Å²) in [6, 6.07) is 0. The predicted molar refractivity (Wildman–Crippen MR) is 100 cm³/mol. The first-order chi connectivity index (χ1) is 10.5. The van der Waals surface area contributed by atoms with Gasteiger partial charge in [-0.25, -0.2) is 0 Å². The normalized spacial score (nSPS) is 13.5. The number of hydrogen-bond donors (Lipinski definition) is 1. The molecule has 0 aliphatic carbocycles. The maximum absolute atomic E-state index is 9.98. The fourth-order valence-corrected chi connectivity index (χ4v) is 2.97. The number of aliphatic hydroxyl groups is 1. The maximum atomic E-state index is 9.98. The Morgan fingerprint density at radius 2 is 0.909 bits per heavy atom. The van der Waals surface area contributed by atoms with Gasteiger partial charge in [-0.2, -0.15) is 0 Å². The van der Waals surface area contributed by atoms with E-state index in [0.717, 1.165) is 6.42 Å². The molecule has 0 aliphatic rings. The van der Waals surface area contributed by atoms with Crippen molar-refractivity contribution in [2.24, 2.45) is 5.41 Å². The molecule has 1 N–H and O–H groups in total. The van der Waals surface area contributed by atoms with E-state index in [1.807, 2.05) is 0 Å². The van der Waals surface area contributed by atoms with Crippen LogP contribution in [0.1, 0.15) is 124 Å². The highest BCUT2D eigenvalue weighted by molar-refractivity contribution is 4.72. The second-order valence-electron chi connectivity index (χ2n) is 8.27. The molecule has 0 aromatic rings. The predicted octanol–water partition coefficient (Wildman–Crippen LogP) is 7.26. The van der Waals surface area contributed by atoms with Crippen molar-refractivity contribution in [3.05, 3.63) is 0 Å². The van der Waals surface area contributed by atoms with Gasteiger partial charge < -0.3 is 5.11 Å². The lowest BCUT2D eigenvalue weighted by atomic mass is 9.86. The molecule has 0 fully saturated rings. The average molecular weight is 313 g/mol. The molecular weight excluding hydrogens is 268 g/mol. The minimum atomic E-state index is -0.134. The van der Waals surface area contributed by atoms with E-state index in [2.05, 4.69) is 27.7 Å². The van der Waals surface area contributed by atoms with E-state index in [9.17, 15) is 5.11 Å². The van der Waals surface area contributed by atoms with Crippen molar-refractivity contribution in [3.63, 3.8) is 0 Å². The number of unbranched alkanes of at least 4 members (excludes halogenated alkanes) is 13. The Bertz CT molecular complexity index is 216. The van der Waals surface area contributed by atoms with Gasteiger partial charge in [0.05, 0.1) is 6.10 Å². The van der Waals surface area contributed by atoms with Gasteiger partial charge in [0.2, 0.25) is 0 Å². The average Bonchev–Trinajstić information content (AvgIpc) is 2.46. The summed E-state index contributed by atoms with van der Waals surface area (Å²) in [5.41, 5.74) is 0.0521. The van der Waals surface area contributed by atoms with Crippen LogP contribution in [0.25, 0.3) is 0 Å². The lowest BCUT2D eigenvalue weighted by molar-refractivity contribution is 0.0533. The Morgan fingerprint density at radius 1 is 0.591 bits per heavy atom. The van der Waals surface area contributed by atoms with Crippen LogP contribution < -0.4 is 0 Å². The molecule has 0 saturated carbocycles. The molecule has 0 saturated heterocycles. The van der Waals surface area contributed by atoms with Gasteiger partial charge in [-0.05, 0) is 11.8 Å². The van der Waals surface area contributed by atoms with Crippen LogP contribution in [0.3, 0.4) is 0 Å². The molecule has 22 heavy (non-hydrogen) atoms. The Kier molecular flexibility index (Phi) is 14.5. The van der Waals surface area contributed by atoms with Gasteiger partial charge in [-0.15, -0.1) is 0 Å². The molecule has 134 valence electrons. The Labute approximate surface area is 141 Å². The second-order valence-corrected chi connectivity index (χ2v) is 8.27. The summed E-state index contributed by atoms with van der Waals surface area (Å²) in [7, 11) is 0. The van der Waals surface area contributed by atoms with Crippen LogP contribution in [-0.2, 0) is 0 Å². The largest absolute Gasteiger partial charge is 0.393 e. The van der Waals surface area contributed by atoms with E-state index in [1.54, 1.807) is 0 Å². The summed E-state index contributed by atoms with van der Waals surface area (Å²) < 4.78 is 0. The lowest BCUT2D eigenvalue weighted by Gasteiger charge is -2.25. The van der Waals surface area contributed by atoms with Crippen LogP contribution in [0, 0.1) is 5.41 Å². The van der Waals surface area contributed by atoms with Crippen LogP contribution in [0.5, 0.6) is 0 Å². The molecule has 1 unspecified atom stereocenters. The van der Waals surface area contributed by atoms with E-state index in [0.29, 0.717) is 0 Å². The molecule has 0 heterocycles. The highest BCUT2D eigenvalue weighted by Gasteiger charge is 2.20. The van der Waals surface area contributed by atoms with Crippen LogP contribution in [0.4, 0.5) is 0 Å². The van der Waals surface area contributed by atoms with Crippen molar-refractivity contribution in [1.29, 1.82) is 0 Å². The van der Waals surface area contributed by atoms with E-state index >= 15 is 0 Å². The standard InChI is InChI=1S/C21H44O/c1-5-6-7-8-9-10-11-12-13-14-15-16-17-18-19-20(22)21(2,3)4/h20,22H,5-19H2,1-4H3. The van der Waals surface area contributed by atoms with E-state index < -0.39 is 0 Å². The number of aliphatic hydroxyl groups excluding tert-OH is 1. The second kappa shape index (κ2) is 14.5. The lowest BCUT2D eigenvalue weighted by Crippen LogP contribution is -2.25. The molecular formula is C21H44O. The minimum absolute atomic E-state index is 0.0521. The van der Waals surface area contributed by atoms with Gasteiger partial charge in [0, 0.05) is 0 Å². The van der Waals surface area contributed by atoms with Crippen LogP contribution >= 0.6 is 0 Å². The Hall–Kier alpha value is -0.0400. The van der Waals surface area contributed by atoms with Crippen molar-refractivity contribution < 1.29 is 5.11 Å². The molecule has 1 atom stereocenters. The molecule has 1 nitrogen and oxygen atoms in total. The molecule has 1 heteroatoms. The fourth-order valence-electron chi connectivity index (χ4n) is 2.97. The molecule has 0 aromatic carbocycles. The van der Waals surface area contributed by atoms with Crippen molar-refractivity contribution in [2.75, 3.05) is 0 Å². The van der Waals surface area contributed by atoms with Crippen molar-refractivity contribution in [2.45, 2.75) is 130 Å². The van der Waals surface area contributed by atoms with Gasteiger partial charge >= 0.3 is 0 Å². The van der Waals surface area contributed by atoms with Crippen molar-refractivity contribution in [1.82, 2.24) is 0 Å². The molecule has 0 aromatic heterocycles. The summed E-state index contributed by atoms with van der Waals surface area (Å²) >= 11 is 0. The molecule has 0 aliphatic heterocycles. The summed E-state index contributed by atoms with van der Waals surface area (Å²) in [4.78, 5) is 0. The molecule has 0 rings (SSSR count). The molecule has 0 bridgehead atoms. The van der Waals surface area contributed by atoms with Gasteiger partial charge in [0.25, 0.3) is 0 Å². The van der Waals surface area contributed by atoms with Gasteiger partial charge in [0.1, 0.15) is 0 Å². The third-order valence-electron chi connectivity index (χ3n) is 4.83. The minimum Gasteiger partial charge on any atom is -0.393 e. The monoisotopic (exact) mass is 312 g/mol. The van der Waals surface area contributed by atoms with Gasteiger partial charge in [0.15, 0.2) is 0 Å². The third kappa shape index (κ3) is 14.9. The quantitative estimate of drug-likeness (QED) is 0.315. The van der Waals surface area contributed by atoms with Crippen LogP contribution in [-0.4, -0.2) is 11.2 Å². The Morgan fingerprint density at radius 3 is 1.23 bits per heavy atom. The van der Waals surface area contributed by atoms with Crippen LogP contribution in [0.15, 0.2) is 0 Å². The van der Waals surface area contributed by atoms with E-state index in [4.69, 9.17) is 0 Å². The molecule has 0 amide bonds. The SMILES string of the molecule is CCCCCCCCCCCCCCCCC(O)C(C)(C)C. The maximum Gasteiger partial charge on any atom is 0.0588 e. The van der Waals surface area contributed by atoms with E-state index in [-0.39, 0.29) is 11.5 Å². The highest BCUT2D eigenvalue weighted by atomic mass is 16.3. The zero-order chi connectivity index (χ0) is 16.7. The summed E-state index contributed by atoms with van der Waals surface area (Å²) in [5, 5.41) is 9.98. The van der Waals surface area contributed by atoms with Crippen molar-refractivity contribution in [3.8, 4) is 0 Å². The summed E-state index contributed by atoms with van der Waals surface area (Å²) in [6.07, 6.45) is 20.4. The zero-order valence-electron chi connectivity index (χ0n) is 16.1. The van der Waals surface area contributed by atoms with Gasteiger partial charge in [-0.3, -0.25) is 0 Å². The summed E-state index contributed by atoms with van der Waals surface area (Å²) in [6.45, 7) is 8.66. The zero-order valence-corrected chi connectivity index (χ0v) is 16.1. The first-order valence-corrected chi connectivity index (χ1v) is 10.2. The number of rotatable bonds is 15. The van der Waals surface area contributed by atoms with Crippen molar-refractivity contribution >= 4 is 0 Å². The first kappa shape index (κ1) is 22.0. The molecule has 0 radical (unpaired) electrons. The van der Waals surface area contributed by atoms with Gasteiger partial charge in [-0.1, -0.05) is 118 Å². The summed E-state index contributed by atoms with van der Waals surface area (Å²) in [5.74, 6) is 0. The van der Waals surface area contributed by atoms with E-state index in [1.165, 1.54) is 89.9 Å². The highest BCUT2D eigenvalue weighted by Crippen LogP contribution is 2.23. The number of hydrogen-bond acceptors (Lipinski definition) is 1. The molecule has 0 spiro atoms. The fraction of sp³-hybridized carbons (Fsp3) is 1.00. The van der Waals surface area contributed by atoms with Crippen LogP contribution in [0.2, 0.25) is 0 Å². The third-order valence-corrected chi connectivity index (χ3v) is 4.83. The Balaban J connectivity index is 3.12.